The molecule has 1 heterocycles. The molecular formula is C10H19N3O. The minimum Gasteiger partial charge on any atom is -0.306 e. The monoisotopic (exact) mass is 197 g/mol. The Labute approximate surface area is 84.8 Å². The second-order valence-electron chi connectivity index (χ2n) is 4.73. The summed E-state index contributed by atoms with van der Waals surface area (Å²) in [5.74, 6) is 5.80. The summed E-state index contributed by atoms with van der Waals surface area (Å²) >= 11 is 0. The van der Waals surface area contributed by atoms with Gasteiger partial charge < -0.3 is 4.90 Å². The molecule has 4 nitrogen and oxygen atoms in total. The van der Waals surface area contributed by atoms with Crippen molar-refractivity contribution in [3.05, 3.63) is 0 Å². The van der Waals surface area contributed by atoms with Crippen LogP contribution in [-0.2, 0) is 4.79 Å². The Hall–Kier alpha value is -0.610. The number of amides is 1. The van der Waals surface area contributed by atoms with Crippen LogP contribution in [0.5, 0.6) is 0 Å². The van der Waals surface area contributed by atoms with Crippen LogP contribution in [0.2, 0.25) is 0 Å². The van der Waals surface area contributed by atoms with E-state index >= 15 is 0 Å². The number of piperidine rings is 1. The van der Waals surface area contributed by atoms with Gasteiger partial charge in [0.05, 0.1) is 5.41 Å². The maximum absolute atomic E-state index is 11.6. The largest absolute Gasteiger partial charge is 0.306 e. The maximum Gasteiger partial charge on any atom is 0.240 e. The Morgan fingerprint density at radius 3 is 2.79 bits per heavy atom. The lowest BCUT2D eigenvalue weighted by atomic mass is 9.82. The molecule has 1 aliphatic heterocycles. The Morgan fingerprint density at radius 2 is 2.29 bits per heavy atom. The van der Waals surface area contributed by atoms with Crippen LogP contribution in [0, 0.1) is 11.3 Å². The van der Waals surface area contributed by atoms with Gasteiger partial charge in [-0.25, -0.2) is 5.84 Å². The second-order valence-corrected chi connectivity index (χ2v) is 4.73. The fraction of sp³-hybridized carbons (Fsp3) is 0.900. The molecule has 0 bridgehead atoms. The topological polar surface area (TPSA) is 58.4 Å². The van der Waals surface area contributed by atoms with Crippen molar-refractivity contribution in [3.8, 4) is 0 Å². The molecule has 0 aromatic carbocycles. The molecule has 1 atom stereocenters. The van der Waals surface area contributed by atoms with Crippen LogP contribution in [0.1, 0.15) is 25.7 Å². The molecule has 0 aromatic heterocycles. The molecule has 2 fully saturated rings. The minimum absolute atomic E-state index is 0.0535. The zero-order valence-corrected chi connectivity index (χ0v) is 8.75. The van der Waals surface area contributed by atoms with Crippen LogP contribution in [0.25, 0.3) is 0 Å². The van der Waals surface area contributed by atoms with Crippen LogP contribution in [0.15, 0.2) is 0 Å². The first-order chi connectivity index (χ1) is 6.69. The highest BCUT2D eigenvalue weighted by molar-refractivity contribution is 5.85. The van der Waals surface area contributed by atoms with E-state index in [4.69, 9.17) is 5.84 Å². The predicted molar refractivity (Wildman–Crippen MR) is 54.2 cm³/mol. The van der Waals surface area contributed by atoms with Crippen molar-refractivity contribution in [1.29, 1.82) is 0 Å². The lowest BCUT2D eigenvalue weighted by Crippen LogP contribution is -2.45. The van der Waals surface area contributed by atoms with E-state index in [0.717, 1.165) is 25.9 Å². The highest BCUT2D eigenvalue weighted by Crippen LogP contribution is 2.54. The summed E-state index contributed by atoms with van der Waals surface area (Å²) in [5, 5.41) is 0. The molecule has 0 radical (unpaired) electrons. The van der Waals surface area contributed by atoms with E-state index in [1.54, 1.807) is 0 Å². The standard InChI is InChI=1S/C10H19N3O/c1-13-6-2-3-8(7-13)10(4-5-10)9(14)12-11/h8H,2-7,11H2,1H3,(H,12,14). The summed E-state index contributed by atoms with van der Waals surface area (Å²) in [6.07, 6.45) is 4.43. The molecule has 1 unspecified atom stereocenters. The first-order valence-corrected chi connectivity index (χ1v) is 5.38. The number of nitrogens with zero attached hydrogens (tertiary/aromatic N) is 1. The molecule has 0 spiro atoms. The third-order valence-electron chi connectivity index (χ3n) is 3.78. The van der Waals surface area contributed by atoms with E-state index < -0.39 is 0 Å². The Morgan fingerprint density at radius 1 is 1.57 bits per heavy atom. The van der Waals surface area contributed by atoms with Crippen molar-refractivity contribution in [2.75, 3.05) is 20.1 Å². The molecule has 14 heavy (non-hydrogen) atoms. The summed E-state index contributed by atoms with van der Waals surface area (Å²) in [4.78, 5) is 14.0. The molecule has 1 saturated heterocycles. The average molecular weight is 197 g/mol. The van der Waals surface area contributed by atoms with E-state index in [-0.39, 0.29) is 11.3 Å². The number of nitrogens with two attached hydrogens (primary N) is 1. The fourth-order valence-electron chi connectivity index (χ4n) is 2.72. The molecule has 3 N–H and O–H groups in total. The van der Waals surface area contributed by atoms with Crippen LogP contribution in [0.4, 0.5) is 0 Å². The molecule has 4 heteroatoms. The summed E-state index contributed by atoms with van der Waals surface area (Å²) in [6, 6.07) is 0. The second kappa shape index (κ2) is 3.51. The van der Waals surface area contributed by atoms with E-state index in [1.807, 2.05) is 0 Å². The quantitative estimate of drug-likeness (QED) is 0.375. The summed E-state index contributed by atoms with van der Waals surface area (Å²) in [6.45, 7) is 2.21. The molecule has 0 aromatic rings. The number of hydrazine groups is 1. The van der Waals surface area contributed by atoms with Crippen LogP contribution < -0.4 is 11.3 Å². The molecular weight excluding hydrogens is 178 g/mol. The Balaban J connectivity index is 2.03. The number of carbonyl (C=O) groups excluding carboxylic acids is 1. The average Bonchev–Trinajstić information content (AvgIpc) is 2.97. The zero-order valence-electron chi connectivity index (χ0n) is 8.75. The molecule has 80 valence electrons. The molecule has 2 rings (SSSR count). The van der Waals surface area contributed by atoms with E-state index in [9.17, 15) is 4.79 Å². The van der Waals surface area contributed by atoms with Gasteiger partial charge >= 0.3 is 0 Å². The van der Waals surface area contributed by atoms with Gasteiger partial charge in [0.15, 0.2) is 0 Å². The van der Waals surface area contributed by atoms with Gasteiger partial charge in [-0.05, 0) is 45.2 Å². The van der Waals surface area contributed by atoms with Crippen LogP contribution >= 0.6 is 0 Å². The van der Waals surface area contributed by atoms with Crippen molar-refractivity contribution < 1.29 is 4.79 Å². The maximum atomic E-state index is 11.6. The van der Waals surface area contributed by atoms with E-state index in [2.05, 4.69) is 17.4 Å². The molecule has 1 saturated carbocycles. The molecule has 1 aliphatic carbocycles. The smallest absolute Gasteiger partial charge is 0.240 e. The van der Waals surface area contributed by atoms with E-state index in [0.29, 0.717) is 5.92 Å². The number of rotatable bonds is 2. The van der Waals surface area contributed by atoms with Crippen molar-refractivity contribution in [2.45, 2.75) is 25.7 Å². The number of carbonyl (C=O) groups is 1. The first-order valence-electron chi connectivity index (χ1n) is 5.38. The summed E-state index contributed by atoms with van der Waals surface area (Å²) in [5.41, 5.74) is 2.21. The number of likely N-dealkylation sites (tertiary alicyclic amines) is 1. The predicted octanol–water partition coefficient (Wildman–Crippen LogP) is 0.0983. The van der Waals surface area contributed by atoms with Crippen LogP contribution in [0.3, 0.4) is 0 Å². The highest BCUT2D eigenvalue weighted by atomic mass is 16.2. The summed E-state index contributed by atoms with van der Waals surface area (Å²) < 4.78 is 0. The van der Waals surface area contributed by atoms with E-state index in [1.165, 1.54) is 12.8 Å². The Bertz CT molecular complexity index is 238. The normalized spacial score (nSPS) is 31.1. The van der Waals surface area contributed by atoms with Crippen molar-refractivity contribution in [1.82, 2.24) is 10.3 Å². The molecule has 1 amide bonds. The third-order valence-corrected chi connectivity index (χ3v) is 3.78. The summed E-state index contributed by atoms with van der Waals surface area (Å²) in [7, 11) is 2.13. The first kappa shape index (κ1) is 9.93. The number of nitrogens with one attached hydrogen (secondary N) is 1. The Kier molecular flexibility index (Phi) is 2.49. The lowest BCUT2D eigenvalue weighted by molar-refractivity contribution is -0.129. The molecule has 2 aliphatic rings. The van der Waals surface area contributed by atoms with Gasteiger partial charge in [0.1, 0.15) is 0 Å². The number of hydrogen-bond acceptors (Lipinski definition) is 3. The van der Waals surface area contributed by atoms with Gasteiger partial charge in [-0.1, -0.05) is 0 Å². The number of hydrogen-bond donors (Lipinski definition) is 2. The van der Waals surface area contributed by atoms with Crippen LogP contribution in [-0.4, -0.2) is 30.9 Å². The lowest BCUT2D eigenvalue weighted by Gasteiger charge is -2.34. The van der Waals surface area contributed by atoms with Crippen molar-refractivity contribution in [2.24, 2.45) is 17.2 Å². The highest BCUT2D eigenvalue weighted by Gasteiger charge is 2.55. The van der Waals surface area contributed by atoms with Gasteiger partial charge in [0.25, 0.3) is 0 Å². The van der Waals surface area contributed by atoms with Gasteiger partial charge in [-0.3, -0.25) is 10.2 Å². The zero-order chi connectivity index (χ0) is 10.2. The van der Waals surface area contributed by atoms with Crippen molar-refractivity contribution in [3.63, 3.8) is 0 Å². The van der Waals surface area contributed by atoms with Crippen molar-refractivity contribution >= 4 is 5.91 Å². The minimum atomic E-state index is -0.108. The van der Waals surface area contributed by atoms with Gasteiger partial charge in [0.2, 0.25) is 5.91 Å². The third kappa shape index (κ3) is 1.53. The fourth-order valence-corrected chi connectivity index (χ4v) is 2.72. The van der Waals surface area contributed by atoms with Gasteiger partial charge in [0, 0.05) is 6.54 Å². The van der Waals surface area contributed by atoms with Gasteiger partial charge in [-0.2, -0.15) is 0 Å². The van der Waals surface area contributed by atoms with Gasteiger partial charge in [-0.15, -0.1) is 0 Å². The SMILES string of the molecule is CN1CCCC(C2(C(=O)NN)CC2)C1.